The van der Waals surface area contributed by atoms with Crippen LogP contribution in [-0.2, 0) is 18.1 Å². The van der Waals surface area contributed by atoms with Crippen molar-refractivity contribution in [2.24, 2.45) is 0 Å². The van der Waals surface area contributed by atoms with Crippen LogP contribution in [0.15, 0.2) is 42.6 Å². The van der Waals surface area contributed by atoms with E-state index in [1.807, 2.05) is 6.07 Å². The number of nitrogens with one attached hydrogen (secondary N) is 1. The number of halogens is 1. The normalized spacial score (nSPS) is 12.3. The molecule has 0 saturated carbocycles. The summed E-state index contributed by atoms with van der Waals surface area (Å²) in [4.78, 5) is 13.1. The van der Waals surface area contributed by atoms with Crippen LogP contribution < -0.4 is 20.5 Å². The van der Waals surface area contributed by atoms with Gasteiger partial charge in [-0.25, -0.2) is 24.0 Å². The molecule has 10 nitrogen and oxygen atoms in total. The average molecular weight is 441 g/mol. The minimum absolute atomic E-state index is 0.0503. The lowest BCUT2D eigenvalue weighted by molar-refractivity contribution is 0.585. The van der Waals surface area contributed by atoms with E-state index in [1.54, 1.807) is 42.2 Å². The zero-order valence-electron chi connectivity index (χ0n) is 16.8. The number of fused-ring (bicyclic) bond motifs is 1. The van der Waals surface area contributed by atoms with Gasteiger partial charge in [-0.2, -0.15) is 9.40 Å². The Morgan fingerprint density at radius 1 is 1.16 bits per heavy atom. The molecular weight excluding hydrogens is 421 g/mol. The molecule has 0 bridgehead atoms. The van der Waals surface area contributed by atoms with Crippen LogP contribution in [0.2, 0.25) is 0 Å². The zero-order chi connectivity index (χ0) is 22.1. The fraction of sp³-hybridized carbons (Fsp3) is 0.158. The molecule has 1 unspecified atom stereocenters. The molecular formula is C19H20FN9OS. The number of benzene rings is 1. The SMILES string of the molecule is CN[S+]([O-])N(C)c1c(N)nc(-c2nn(Cc3ccccc3F)c3ncccc23)nc1N. The van der Waals surface area contributed by atoms with E-state index in [-0.39, 0.29) is 35.5 Å². The van der Waals surface area contributed by atoms with Crippen molar-refractivity contribution < 1.29 is 8.94 Å². The fourth-order valence-corrected chi connectivity index (χ4v) is 3.84. The Morgan fingerprint density at radius 2 is 1.87 bits per heavy atom. The van der Waals surface area contributed by atoms with Crippen molar-refractivity contribution in [1.29, 1.82) is 0 Å². The highest BCUT2D eigenvalue weighted by Gasteiger charge is 2.25. The molecule has 0 aliphatic heterocycles. The van der Waals surface area contributed by atoms with Gasteiger partial charge in [-0.3, -0.25) is 0 Å². The van der Waals surface area contributed by atoms with Crippen LogP contribution in [0.5, 0.6) is 0 Å². The number of nitrogens with zero attached hydrogens (tertiary/aromatic N) is 6. The van der Waals surface area contributed by atoms with E-state index in [0.29, 0.717) is 22.3 Å². The summed E-state index contributed by atoms with van der Waals surface area (Å²) < 4.78 is 31.7. The second-order valence-corrected chi connectivity index (χ2v) is 8.04. The average Bonchev–Trinajstić information content (AvgIpc) is 3.12. The second-order valence-electron chi connectivity index (χ2n) is 6.59. The first kappa shape index (κ1) is 20.8. The van der Waals surface area contributed by atoms with Crippen LogP contribution in [0.4, 0.5) is 21.7 Å². The smallest absolute Gasteiger partial charge is 0.184 e. The number of nitrogen functional groups attached to an aromatic ring is 2. The molecule has 0 radical (unpaired) electrons. The van der Waals surface area contributed by atoms with Gasteiger partial charge in [0.2, 0.25) is 0 Å². The molecule has 31 heavy (non-hydrogen) atoms. The first-order chi connectivity index (χ1) is 14.9. The standard InChI is InChI=1S/C19H20FN9OS/c1-23-31(30)28(2)15-16(21)25-18(26-17(15)22)14-12-7-5-9-24-19(12)29(27-14)10-11-6-3-4-8-13(11)20/h3-9,23H,10H2,1-2H3,(H4,21,22,25,26). The molecule has 1 atom stereocenters. The third kappa shape index (κ3) is 3.83. The van der Waals surface area contributed by atoms with E-state index in [4.69, 9.17) is 11.5 Å². The maximum atomic E-state index is 14.2. The zero-order valence-corrected chi connectivity index (χ0v) is 17.6. The number of hydrogen-bond acceptors (Lipinski definition) is 9. The van der Waals surface area contributed by atoms with Gasteiger partial charge in [0.25, 0.3) is 0 Å². The summed E-state index contributed by atoms with van der Waals surface area (Å²) in [6, 6.07) is 10.0. The van der Waals surface area contributed by atoms with Crippen LogP contribution >= 0.6 is 0 Å². The quantitative estimate of drug-likeness (QED) is 0.378. The van der Waals surface area contributed by atoms with E-state index in [9.17, 15) is 8.94 Å². The van der Waals surface area contributed by atoms with Gasteiger partial charge in [0.15, 0.2) is 40.3 Å². The molecule has 0 fully saturated rings. The van der Waals surface area contributed by atoms with Crippen molar-refractivity contribution in [1.82, 2.24) is 29.5 Å². The van der Waals surface area contributed by atoms with E-state index in [0.717, 1.165) is 0 Å². The van der Waals surface area contributed by atoms with Gasteiger partial charge in [0, 0.05) is 18.8 Å². The molecule has 12 heteroatoms. The third-order valence-electron chi connectivity index (χ3n) is 4.67. The molecule has 0 aliphatic rings. The van der Waals surface area contributed by atoms with Crippen molar-refractivity contribution in [3.63, 3.8) is 0 Å². The molecule has 4 rings (SSSR count). The van der Waals surface area contributed by atoms with Crippen molar-refractivity contribution in [2.75, 3.05) is 29.9 Å². The van der Waals surface area contributed by atoms with E-state index in [1.165, 1.54) is 17.4 Å². The van der Waals surface area contributed by atoms with Crippen LogP contribution in [0.25, 0.3) is 22.6 Å². The lowest BCUT2D eigenvalue weighted by Gasteiger charge is -2.21. The third-order valence-corrected chi connectivity index (χ3v) is 5.70. The van der Waals surface area contributed by atoms with Crippen molar-refractivity contribution in [3.8, 4) is 11.5 Å². The number of nitrogens with two attached hydrogens (primary N) is 2. The Labute approximate surface area is 180 Å². The minimum atomic E-state index is -1.56. The lowest BCUT2D eigenvalue weighted by atomic mass is 10.2. The van der Waals surface area contributed by atoms with E-state index < -0.39 is 11.5 Å². The Hall–Kier alpha value is -3.48. The highest BCUT2D eigenvalue weighted by Crippen LogP contribution is 2.32. The van der Waals surface area contributed by atoms with Gasteiger partial charge < -0.3 is 16.0 Å². The largest absolute Gasteiger partial charge is 0.573 e. The molecule has 0 amide bonds. The second kappa shape index (κ2) is 8.34. The van der Waals surface area contributed by atoms with Gasteiger partial charge in [-0.05, 0) is 18.2 Å². The van der Waals surface area contributed by atoms with Crippen molar-refractivity contribution >= 4 is 39.9 Å². The molecule has 1 aromatic carbocycles. The molecule has 5 N–H and O–H groups in total. The molecule has 0 saturated heterocycles. The molecule has 3 heterocycles. The van der Waals surface area contributed by atoms with Gasteiger partial charge in [0.05, 0.1) is 19.0 Å². The predicted octanol–water partition coefficient (Wildman–Crippen LogP) is 1.47. The van der Waals surface area contributed by atoms with Gasteiger partial charge in [-0.1, -0.05) is 18.2 Å². The number of pyridine rings is 1. The molecule has 3 aromatic heterocycles. The Morgan fingerprint density at radius 3 is 2.55 bits per heavy atom. The molecule has 4 aromatic rings. The molecule has 0 aliphatic carbocycles. The number of anilines is 3. The summed E-state index contributed by atoms with van der Waals surface area (Å²) in [5, 5.41) is 5.23. The topological polar surface area (TPSA) is 147 Å². The van der Waals surface area contributed by atoms with E-state index >= 15 is 0 Å². The summed E-state index contributed by atoms with van der Waals surface area (Å²) in [6.07, 6.45) is 1.63. The number of rotatable bonds is 6. The van der Waals surface area contributed by atoms with Crippen LogP contribution in [-0.4, -0.2) is 43.4 Å². The molecule has 160 valence electrons. The van der Waals surface area contributed by atoms with Gasteiger partial charge in [-0.15, -0.1) is 4.72 Å². The summed E-state index contributed by atoms with van der Waals surface area (Å²) in [5.41, 5.74) is 13.9. The fourth-order valence-electron chi connectivity index (χ4n) is 3.21. The van der Waals surface area contributed by atoms with Crippen LogP contribution in [0, 0.1) is 5.82 Å². The summed E-state index contributed by atoms with van der Waals surface area (Å²) in [7, 11) is 3.09. The monoisotopic (exact) mass is 441 g/mol. The molecule has 0 spiro atoms. The van der Waals surface area contributed by atoms with Crippen molar-refractivity contribution in [2.45, 2.75) is 6.54 Å². The van der Waals surface area contributed by atoms with Crippen LogP contribution in [0.1, 0.15) is 5.56 Å². The first-order valence-corrected chi connectivity index (χ1v) is 10.3. The highest BCUT2D eigenvalue weighted by atomic mass is 32.2. The number of aromatic nitrogens is 5. The summed E-state index contributed by atoms with van der Waals surface area (Å²) in [6.45, 7) is 0.174. The lowest BCUT2D eigenvalue weighted by Crippen LogP contribution is -2.37. The predicted molar refractivity (Wildman–Crippen MR) is 118 cm³/mol. The van der Waals surface area contributed by atoms with Gasteiger partial charge in [0.1, 0.15) is 11.5 Å². The minimum Gasteiger partial charge on any atom is -0.573 e. The Bertz CT molecular complexity index is 1230. The summed E-state index contributed by atoms with van der Waals surface area (Å²) in [5.74, 6) is -0.0467. The Balaban J connectivity index is 1.81. The maximum Gasteiger partial charge on any atom is 0.184 e. The number of hydrogen-bond donors (Lipinski definition) is 3. The first-order valence-electron chi connectivity index (χ1n) is 9.22. The Kier molecular flexibility index (Phi) is 5.59. The summed E-state index contributed by atoms with van der Waals surface area (Å²) >= 11 is -1.56. The van der Waals surface area contributed by atoms with Gasteiger partial charge >= 0.3 is 0 Å². The van der Waals surface area contributed by atoms with Crippen molar-refractivity contribution in [3.05, 3.63) is 54.0 Å². The maximum absolute atomic E-state index is 14.2. The highest BCUT2D eigenvalue weighted by molar-refractivity contribution is 7.90. The van der Waals surface area contributed by atoms with E-state index in [2.05, 4.69) is 24.8 Å². The van der Waals surface area contributed by atoms with Crippen LogP contribution in [0.3, 0.4) is 0 Å².